The van der Waals surface area contributed by atoms with Crippen molar-refractivity contribution in [2.75, 3.05) is 7.11 Å². The second-order valence-electron chi connectivity index (χ2n) is 5.85. The number of hydrogen-bond donors (Lipinski definition) is 0. The summed E-state index contributed by atoms with van der Waals surface area (Å²) in [6.07, 6.45) is 1.83. The first-order valence-electron chi connectivity index (χ1n) is 8.42. The second kappa shape index (κ2) is 8.93. The molecule has 0 aliphatic heterocycles. The first-order chi connectivity index (χ1) is 13.2. The van der Waals surface area contributed by atoms with E-state index >= 15 is 0 Å². The van der Waals surface area contributed by atoms with E-state index in [2.05, 4.69) is 6.07 Å². The number of methoxy groups -OCH3 is 1. The van der Waals surface area contributed by atoms with Crippen LogP contribution in [0.5, 0.6) is 11.5 Å². The Bertz CT molecular complexity index is 988. The van der Waals surface area contributed by atoms with Gasteiger partial charge in [0.2, 0.25) is 0 Å². The topological polar surface area (TPSA) is 42.2 Å². The largest absolute Gasteiger partial charge is 0.497 e. The fourth-order valence-electron chi connectivity index (χ4n) is 2.63. The molecular weight excluding hydrogens is 358 g/mol. The molecule has 0 unspecified atom stereocenters. The van der Waals surface area contributed by atoms with E-state index in [4.69, 9.17) is 21.1 Å². The Morgan fingerprint density at radius 1 is 1.04 bits per heavy atom. The molecule has 0 fully saturated rings. The van der Waals surface area contributed by atoms with E-state index < -0.39 is 0 Å². The Kier molecular flexibility index (Phi) is 6.14. The van der Waals surface area contributed by atoms with Crippen LogP contribution in [0.1, 0.15) is 16.7 Å². The third-order valence-electron chi connectivity index (χ3n) is 4.02. The Morgan fingerprint density at radius 2 is 1.81 bits per heavy atom. The van der Waals surface area contributed by atoms with Crippen molar-refractivity contribution >= 4 is 23.3 Å². The van der Waals surface area contributed by atoms with Crippen molar-refractivity contribution in [2.45, 2.75) is 6.61 Å². The number of para-hydroxylation sites is 1. The molecular formula is C23H18ClNO2. The van der Waals surface area contributed by atoms with E-state index in [1.807, 2.05) is 78.9 Å². The number of benzene rings is 3. The number of ether oxygens (including phenoxy) is 2. The number of halogens is 1. The Morgan fingerprint density at radius 3 is 2.52 bits per heavy atom. The molecule has 0 radical (unpaired) electrons. The molecule has 0 saturated carbocycles. The van der Waals surface area contributed by atoms with Gasteiger partial charge in [0.05, 0.1) is 18.8 Å². The van der Waals surface area contributed by atoms with Gasteiger partial charge in [0.15, 0.2) is 0 Å². The van der Waals surface area contributed by atoms with E-state index in [1.165, 1.54) is 0 Å². The highest BCUT2D eigenvalue weighted by Crippen LogP contribution is 2.26. The lowest BCUT2D eigenvalue weighted by atomic mass is 10.0. The van der Waals surface area contributed by atoms with E-state index in [0.29, 0.717) is 23.0 Å². The van der Waals surface area contributed by atoms with Gasteiger partial charge in [-0.1, -0.05) is 41.9 Å². The molecule has 0 atom stereocenters. The summed E-state index contributed by atoms with van der Waals surface area (Å²) in [5.74, 6) is 1.46. The average molecular weight is 376 g/mol. The van der Waals surface area contributed by atoms with Crippen molar-refractivity contribution in [3.05, 3.63) is 94.5 Å². The maximum atomic E-state index is 9.59. The molecule has 27 heavy (non-hydrogen) atoms. The van der Waals surface area contributed by atoms with Crippen molar-refractivity contribution in [3.8, 4) is 17.6 Å². The van der Waals surface area contributed by atoms with Crippen LogP contribution in [0.2, 0.25) is 5.02 Å². The fourth-order valence-corrected chi connectivity index (χ4v) is 2.84. The monoisotopic (exact) mass is 375 g/mol. The SMILES string of the molecule is COc1ccc(/C(C#N)=C/c2ccccc2OCc2cccc(Cl)c2)cc1. The van der Waals surface area contributed by atoms with Crippen LogP contribution >= 0.6 is 11.6 Å². The van der Waals surface area contributed by atoms with E-state index in [-0.39, 0.29) is 0 Å². The lowest BCUT2D eigenvalue weighted by Gasteiger charge is -2.10. The molecule has 3 aromatic rings. The molecule has 3 aromatic carbocycles. The minimum absolute atomic E-state index is 0.399. The normalized spacial score (nSPS) is 10.9. The molecule has 134 valence electrons. The van der Waals surface area contributed by atoms with E-state index in [1.54, 1.807) is 7.11 Å². The zero-order chi connectivity index (χ0) is 19.1. The summed E-state index contributed by atoms with van der Waals surface area (Å²) in [5.41, 5.74) is 3.20. The zero-order valence-corrected chi connectivity index (χ0v) is 15.6. The Balaban J connectivity index is 1.85. The summed E-state index contributed by atoms with van der Waals surface area (Å²) in [4.78, 5) is 0. The van der Waals surface area contributed by atoms with Crippen LogP contribution in [0, 0.1) is 11.3 Å². The summed E-state index contributed by atoms with van der Waals surface area (Å²) >= 11 is 6.02. The van der Waals surface area contributed by atoms with Crippen LogP contribution in [0.15, 0.2) is 72.8 Å². The van der Waals surface area contributed by atoms with Gasteiger partial charge in [-0.25, -0.2) is 0 Å². The number of rotatable bonds is 6. The quantitative estimate of drug-likeness (QED) is 0.392. The fraction of sp³-hybridized carbons (Fsp3) is 0.0870. The maximum Gasteiger partial charge on any atom is 0.127 e. The molecule has 4 heteroatoms. The minimum Gasteiger partial charge on any atom is -0.497 e. The Hall–Kier alpha value is -3.22. The standard InChI is InChI=1S/C23H18ClNO2/c1-26-22-11-9-18(10-12-22)20(15-25)14-19-6-2-3-8-23(19)27-16-17-5-4-7-21(24)13-17/h2-14H,16H2,1H3/b20-14+. The van der Waals surface area contributed by atoms with Crippen LogP contribution in [0.4, 0.5) is 0 Å². The molecule has 0 heterocycles. The van der Waals surface area contributed by atoms with Gasteiger partial charge in [-0.05, 0) is 59.7 Å². The van der Waals surface area contributed by atoms with Gasteiger partial charge in [0.25, 0.3) is 0 Å². The predicted octanol–water partition coefficient (Wildman–Crippen LogP) is 5.99. The van der Waals surface area contributed by atoms with Gasteiger partial charge in [-0.2, -0.15) is 5.26 Å². The van der Waals surface area contributed by atoms with Gasteiger partial charge < -0.3 is 9.47 Å². The molecule has 0 spiro atoms. The maximum absolute atomic E-state index is 9.59. The predicted molar refractivity (Wildman–Crippen MR) is 109 cm³/mol. The van der Waals surface area contributed by atoms with Crippen molar-refractivity contribution < 1.29 is 9.47 Å². The van der Waals surface area contributed by atoms with E-state index in [0.717, 1.165) is 22.4 Å². The number of hydrogen-bond acceptors (Lipinski definition) is 3. The third-order valence-corrected chi connectivity index (χ3v) is 4.26. The van der Waals surface area contributed by atoms with Crippen molar-refractivity contribution in [1.29, 1.82) is 5.26 Å². The van der Waals surface area contributed by atoms with Crippen molar-refractivity contribution in [1.82, 2.24) is 0 Å². The molecule has 0 bridgehead atoms. The highest BCUT2D eigenvalue weighted by atomic mass is 35.5. The molecule has 3 rings (SSSR count). The van der Waals surface area contributed by atoms with Crippen LogP contribution in [0.25, 0.3) is 11.6 Å². The van der Waals surface area contributed by atoms with Gasteiger partial charge >= 0.3 is 0 Å². The lowest BCUT2D eigenvalue weighted by Crippen LogP contribution is -1.97. The lowest BCUT2D eigenvalue weighted by molar-refractivity contribution is 0.305. The average Bonchev–Trinajstić information content (AvgIpc) is 2.71. The van der Waals surface area contributed by atoms with Crippen LogP contribution < -0.4 is 9.47 Å². The van der Waals surface area contributed by atoms with Crippen LogP contribution in [-0.2, 0) is 6.61 Å². The van der Waals surface area contributed by atoms with Gasteiger partial charge in [0.1, 0.15) is 18.1 Å². The van der Waals surface area contributed by atoms with Crippen LogP contribution in [-0.4, -0.2) is 7.11 Å². The Labute approximate surface area is 164 Å². The highest BCUT2D eigenvalue weighted by molar-refractivity contribution is 6.30. The zero-order valence-electron chi connectivity index (χ0n) is 14.9. The summed E-state index contributed by atoms with van der Waals surface area (Å²) in [5, 5.41) is 10.3. The molecule has 0 N–H and O–H groups in total. The molecule has 0 aliphatic carbocycles. The molecule has 0 saturated heterocycles. The smallest absolute Gasteiger partial charge is 0.127 e. The molecule has 3 nitrogen and oxygen atoms in total. The number of nitriles is 1. The number of allylic oxidation sites excluding steroid dienone is 1. The first-order valence-corrected chi connectivity index (χ1v) is 8.80. The summed E-state index contributed by atoms with van der Waals surface area (Å²) in [6.45, 7) is 0.399. The van der Waals surface area contributed by atoms with Gasteiger partial charge in [-0.15, -0.1) is 0 Å². The van der Waals surface area contributed by atoms with E-state index in [9.17, 15) is 5.26 Å². The second-order valence-corrected chi connectivity index (χ2v) is 6.29. The van der Waals surface area contributed by atoms with Crippen LogP contribution in [0.3, 0.4) is 0 Å². The summed E-state index contributed by atoms with van der Waals surface area (Å²) in [6, 6.07) is 24.9. The van der Waals surface area contributed by atoms with Gasteiger partial charge in [-0.3, -0.25) is 0 Å². The highest BCUT2D eigenvalue weighted by Gasteiger charge is 2.06. The van der Waals surface area contributed by atoms with Crippen molar-refractivity contribution in [3.63, 3.8) is 0 Å². The summed E-state index contributed by atoms with van der Waals surface area (Å²) in [7, 11) is 1.61. The molecule has 0 aromatic heterocycles. The van der Waals surface area contributed by atoms with Gasteiger partial charge in [0, 0.05) is 10.6 Å². The molecule has 0 amide bonds. The number of nitrogens with zero attached hydrogens (tertiary/aromatic N) is 1. The third kappa shape index (κ3) is 4.91. The van der Waals surface area contributed by atoms with Crippen molar-refractivity contribution in [2.24, 2.45) is 0 Å². The minimum atomic E-state index is 0.399. The molecule has 0 aliphatic rings. The first kappa shape index (κ1) is 18.6. The summed E-state index contributed by atoms with van der Waals surface area (Å²) < 4.78 is 11.1.